The highest BCUT2D eigenvalue weighted by atomic mass is 16.5. The molecule has 0 saturated carbocycles. The van der Waals surface area contributed by atoms with Crippen LogP contribution in [0.25, 0.3) is 39.7 Å². The summed E-state index contributed by atoms with van der Waals surface area (Å²) >= 11 is 0. The van der Waals surface area contributed by atoms with Crippen LogP contribution in [-0.2, 0) is 10.2 Å². The number of rotatable bonds is 4. The lowest BCUT2D eigenvalue weighted by Crippen LogP contribution is -2.32. The van der Waals surface area contributed by atoms with Gasteiger partial charge in [0.05, 0.1) is 5.41 Å². The second-order valence-electron chi connectivity index (χ2n) is 12.6. The zero-order valence-corrected chi connectivity index (χ0v) is 26.5. The van der Waals surface area contributed by atoms with Gasteiger partial charge in [0.15, 0.2) is 23.2 Å². The largest absolute Gasteiger partial charge is 0.482 e. The van der Waals surface area contributed by atoms with Crippen molar-refractivity contribution in [2.75, 3.05) is 0 Å². The average Bonchev–Trinajstić information content (AvgIpc) is 3.78. The number of nitrogens with zero attached hydrogens (tertiary/aromatic N) is 3. The van der Waals surface area contributed by atoms with E-state index in [1.807, 2.05) is 66.7 Å². The van der Waals surface area contributed by atoms with Crippen molar-refractivity contribution in [3.8, 4) is 45.4 Å². The van der Waals surface area contributed by atoms with Gasteiger partial charge in [0.25, 0.3) is 0 Å². The van der Waals surface area contributed by atoms with Crippen molar-refractivity contribution in [2.24, 2.45) is 0 Å². The van der Waals surface area contributed by atoms with Gasteiger partial charge in [0.1, 0.15) is 17.6 Å². The lowest BCUT2D eigenvalue weighted by molar-refractivity contribution is 0.188. The summed E-state index contributed by atoms with van der Waals surface area (Å²) < 4.78 is 13.7. The van der Waals surface area contributed by atoms with Gasteiger partial charge in [-0.05, 0) is 34.4 Å². The fourth-order valence-electron chi connectivity index (χ4n) is 7.87. The topological polar surface area (TPSA) is 57.1 Å². The molecule has 5 heteroatoms. The molecule has 49 heavy (non-hydrogen) atoms. The number of hydrogen-bond acceptors (Lipinski definition) is 5. The van der Waals surface area contributed by atoms with Gasteiger partial charge in [-0.2, -0.15) is 0 Å². The van der Waals surface area contributed by atoms with Crippen molar-refractivity contribution in [1.29, 1.82) is 0 Å². The van der Waals surface area contributed by atoms with Crippen LogP contribution in [0.3, 0.4) is 0 Å². The van der Waals surface area contributed by atoms with E-state index in [0.29, 0.717) is 29.7 Å². The summed E-state index contributed by atoms with van der Waals surface area (Å²) in [5, 5.41) is 0. The molecule has 0 radical (unpaired) electrons. The molecule has 0 N–H and O–H groups in total. The molecule has 1 unspecified atom stereocenters. The molecule has 3 heterocycles. The van der Waals surface area contributed by atoms with Gasteiger partial charge >= 0.3 is 0 Å². The first-order valence-electron chi connectivity index (χ1n) is 16.6. The van der Waals surface area contributed by atoms with E-state index in [4.69, 9.17) is 24.4 Å². The van der Waals surface area contributed by atoms with Crippen LogP contribution in [-0.4, -0.2) is 15.0 Å². The van der Waals surface area contributed by atoms with Crippen molar-refractivity contribution in [3.63, 3.8) is 0 Å². The van der Waals surface area contributed by atoms with Crippen LogP contribution in [0.15, 0.2) is 158 Å². The van der Waals surface area contributed by atoms with Gasteiger partial charge in [-0.25, -0.2) is 15.0 Å². The highest BCUT2D eigenvalue weighted by Gasteiger charge is 2.51. The van der Waals surface area contributed by atoms with Crippen molar-refractivity contribution in [2.45, 2.75) is 17.9 Å². The fraction of sp³-hybridized carbons (Fsp3) is 0.0682. The normalized spacial score (nSPS) is 16.1. The Morgan fingerprint density at radius 2 is 1.02 bits per heavy atom. The van der Waals surface area contributed by atoms with Gasteiger partial charge in [-0.15, -0.1) is 0 Å². The lowest BCUT2D eigenvalue weighted by Gasteiger charge is -2.40. The van der Waals surface area contributed by atoms with Crippen LogP contribution in [0.1, 0.15) is 46.2 Å². The number of ether oxygens (including phenoxy) is 2. The minimum atomic E-state index is -0.522. The summed E-state index contributed by atoms with van der Waals surface area (Å²) in [6.07, 6.45) is 2.47. The molecule has 3 aliphatic rings. The summed E-state index contributed by atoms with van der Waals surface area (Å²) in [6, 6.07) is 52.5. The molecule has 5 nitrogen and oxygen atoms in total. The van der Waals surface area contributed by atoms with Crippen LogP contribution in [0.5, 0.6) is 11.5 Å². The molecule has 0 amide bonds. The molecular formula is C44H29N3O2. The van der Waals surface area contributed by atoms with Gasteiger partial charge in [0.2, 0.25) is 0 Å². The van der Waals surface area contributed by atoms with E-state index < -0.39 is 5.41 Å². The number of aromatic nitrogens is 3. The molecule has 10 rings (SSSR count). The molecule has 1 aromatic heterocycles. The summed E-state index contributed by atoms with van der Waals surface area (Å²) in [5.41, 5.74) is 9.63. The summed E-state index contributed by atoms with van der Waals surface area (Å²) in [7, 11) is 0. The maximum atomic E-state index is 6.89. The minimum absolute atomic E-state index is 0.281. The van der Waals surface area contributed by atoms with E-state index in [2.05, 4.69) is 91.0 Å². The number of para-hydroxylation sites is 2. The summed E-state index contributed by atoms with van der Waals surface area (Å²) in [6.45, 7) is 0. The van der Waals surface area contributed by atoms with Crippen molar-refractivity contribution < 1.29 is 9.47 Å². The average molecular weight is 632 g/mol. The van der Waals surface area contributed by atoms with Crippen molar-refractivity contribution in [1.82, 2.24) is 15.0 Å². The number of fused-ring (bicyclic) bond motifs is 9. The van der Waals surface area contributed by atoms with E-state index in [9.17, 15) is 0 Å². The fourth-order valence-corrected chi connectivity index (χ4v) is 7.87. The van der Waals surface area contributed by atoms with E-state index >= 15 is 0 Å². The Hall–Kier alpha value is -6.33. The first-order valence-corrected chi connectivity index (χ1v) is 16.6. The third kappa shape index (κ3) is 4.15. The quantitative estimate of drug-likeness (QED) is 0.193. The van der Waals surface area contributed by atoms with E-state index in [1.54, 1.807) is 0 Å². The first-order chi connectivity index (χ1) is 24.3. The molecule has 0 saturated heterocycles. The minimum Gasteiger partial charge on any atom is -0.482 e. The Morgan fingerprint density at radius 3 is 1.67 bits per heavy atom. The zero-order chi connectivity index (χ0) is 32.4. The van der Waals surface area contributed by atoms with Crippen LogP contribution in [0.2, 0.25) is 0 Å². The predicted octanol–water partition coefficient (Wildman–Crippen LogP) is 10.2. The molecule has 1 aliphatic carbocycles. The second-order valence-corrected chi connectivity index (χ2v) is 12.6. The number of hydrogen-bond donors (Lipinski definition) is 0. The molecule has 2 aliphatic heterocycles. The predicted molar refractivity (Wildman–Crippen MR) is 191 cm³/mol. The Morgan fingerprint density at radius 1 is 0.490 bits per heavy atom. The third-order valence-corrected chi connectivity index (χ3v) is 9.96. The molecular weight excluding hydrogens is 603 g/mol. The first kappa shape index (κ1) is 27.8. The van der Waals surface area contributed by atoms with E-state index in [0.717, 1.165) is 39.3 Å². The maximum Gasteiger partial charge on any atom is 0.198 e. The van der Waals surface area contributed by atoms with Gasteiger partial charge in [-0.3, -0.25) is 0 Å². The zero-order valence-electron chi connectivity index (χ0n) is 26.5. The number of benzene rings is 6. The Balaban J connectivity index is 1.09. The summed E-state index contributed by atoms with van der Waals surface area (Å²) in [5.74, 6) is 4.07. The third-order valence-electron chi connectivity index (χ3n) is 9.96. The molecule has 6 aromatic carbocycles. The van der Waals surface area contributed by atoms with Gasteiger partial charge < -0.3 is 9.47 Å². The summed E-state index contributed by atoms with van der Waals surface area (Å²) in [4.78, 5) is 14.7. The molecule has 0 fully saturated rings. The van der Waals surface area contributed by atoms with Crippen molar-refractivity contribution >= 4 is 5.76 Å². The highest BCUT2D eigenvalue weighted by Crippen LogP contribution is 2.63. The highest BCUT2D eigenvalue weighted by molar-refractivity contribution is 5.88. The molecule has 1 atom stereocenters. The van der Waals surface area contributed by atoms with Crippen LogP contribution < -0.4 is 4.74 Å². The Kier molecular flexibility index (Phi) is 6.15. The van der Waals surface area contributed by atoms with Crippen molar-refractivity contribution in [3.05, 3.63) is 191 Å². The van der Waals surface area contributed by atoms with Crippen LogP contribution >= 0.6 is 0 Å². The lowest BCUT2D eigenvalue weighted by atomic mass is 9.65. The maximum absolute atomic E-state index is 6.89. The Labute approximate surface area is 284 Å². The molecule has 1 spiro atoms. The molecule has 0 bridgehead atoms. The van der Waals surface area contributed by atoms with Gasteiger partial charge in [0, 0.05) is 34.2 Å². The van der Waals surface area contributed by atoms with Crippen LogP contribution in [0.4, 0.5) is 0 Å². The van der Waals surface area contributed by atoms with E-state index in [1.165, 1.54) is 22.3 Å². The van der Waals surface area contributed by atoms with E-state index in [-0.39, 0.29) is 6.10 Å². The SMILES string of the molecule is C1=C(c2nc(-c3ccccc3)nc(-c3ccccc3)n2)OC(c2cccc3c2Oc2ccccc2C32c3ccccc3-c3ccccc32)C1. The molecule has 232 valence electrons. The van der Waals surface area contributed by atoms with Gasteiger partial charge in [-0.1, -0.05) is 146 Å². The second kappa shape index (κ2) is 10.9. The standard InChI is InChI=1S/C44H29N3O2/c1-3-14-28(15-4-1)41-45-42(29-16-5-2-6-17-29)47-43(46-41)39-27-26-37(48-39)32-20-13-24-36-40(32)49-38-25-12-11-23-35(38)44(36)33-21-9-7-18-30(33)31-19-8-10-22-34(31)44/h1-25,27,37H,26H2. The molecule has 7 aromatic rings. The van der Waals surface area contributed by atoms with Crippen LogP contribution in [0, 0.1) is 0 Å². The monoisotopic (exact) mass is 631 g/mol. The smallest absolute Gasteiger partial charge is 0.198 e. The Bertz CT molecular complexity index is 2330.